The normalized spacial score (nSPS) is 12.2. The molecule has 0 fully saturated rings. The summed E-state index contributed by atoms with van der Waals surface area (Å²) in [4.78, 5) is 19.0. The van der Waals surface area contributed by atoms with Crippen LogP contribution in [0.15, 0.2) is 12.4 Å². The first-order chi connectivity index (χ1) is 8.97. The van der Waals surface area contributed by atoms with Crippen molar-refractivity contribution in [3.05, 3.63) is 29.6 Å². The van der Waals surface area contributed by atoms with Crippen LogP contribution in [0.5, 0.6) is 0 Å². The molecule has 0 bridgehead atoms. The number of anilines is 1. The van der Waals surface area contributed by atoms with E-state index in [9.17, 15) is 4.79 Å². The lowest BCUT2D eigenvalue weighted by atomic mass is 10.3. The number of aryl methyl sites for hydroxylation is 2. The zero-order valence-electron chi connectivity index (χ0n) is 10.8. The Balaban J connectivity index is 2.24. The van der Waals surface area contributed by atoms with Crippen molar-refractivity contribution in [2.75, 3.05) is 5.32 Å². The minimum absolute atomic E-state index is 0.0415. The van der Waals surface area contributed by atoms with Gasteiger partial charge in [-0.2, -0.15) is 0 Å². The monoisotopic (exact) mass is 262 g/mol. The third-order valence-corrected chi connectivity index (χ3v) is 2.55. The van der Waals surface area contributed by atoms with Gasteiger partial charge in [-0.25, -0.2) is 14.8 Å². The number of rotatable bonds is 4. The molecule has 19 heavy (non-hydrogen) atoms. The molecule has 2 aromatic rings. The van der Waals surface area contributed by atoms with Gasteiger partial charge in [0.15, 0.2) is 11.5 Å². The maximum Gasteiger partial charge on any atom is 0.354 e. The van der Waals surface area contributed by atoms with Crippen molar-refractivity contribution in [3.63, 3.8) is 0 Å². The molecule has 0 radical (unpaired) electrons. The van der Waals surface area contributed by atoms with E-state index in [0.717, 1.165) is 0 Å². The van der Waals surface area contributed by atoms with Gasteiger partial charge in [0.25, 0.3) is 0 Å². The van der Waals surface area contributed by atoms with Crippen molar-refractivity contribution in [3.8, 4) is 0 Å². The van der Waals surface area contributed by atoms with Gasteiger partial charge in [-0.05, 0) is 19.9 Å². The molecule has 1 unspecified atom stereocenters. The number of aromatic carboxylic acids is 1. The van der Waals surface area contributed by atoms with Crippen LogP contribution < -0.4 is 5.32 Å². The smallest absolute Gasteiger partial charge is 0.354 e. The number of nitrogens with zero attached hydrogens (tertiary/aromatic N) is 5. The molecule has 8 nitrogen and oxygen atoms in total. The number of aromatic nitrogens is 5. The predicted molar refractivity (Wildman–Crippen MR) is 66.8 cm³/mol. The molecule has 0 spiro atoms. The SMILES string of the molecule is Cc1cc(C(=O)O)nc(NC(C)c2nncn2C)n1. The van der Waals surface area contributed by atoms with Gasteiger partial charge in [0.05, 0.1) is 6.04 Å². The van der Waals surface area contributed by atoms with E-state index >= 15 is 0 Å². The molecular formula is C11H14N6O2. The van der Waals surface area contributed by atoms with Crippen LogP contribution in [-0.2, 0) is 7.05 Å². The topological polar surface area (TPSA) is 106 Å². The molecule has 2 N–H and O–H groups in total. The Hall–Kier alpha value is -2.51. The molecule has 100 valence electrons. The van der Waals surface area contributed by atoms with Crippen LogP contribution in [0.25, 0.3) is 0 Å². The van der Waals surface area contributed by atoms with E-state index in [2.05, 4.69) is 25.5 Å². The maximum absolute atomic E-state index is 10.9. The molecule has 0 saturated carbocycles. The van der Waals surface area contributed by atoms with Gasteiger partial charge in [0.1, 0.15) is 6.33 Å². The molecule has 0 aliphatic carbocycles. The van der Waals surface area contributed by atoms with Crippen LogP contribution in [-0.4, -0.2) is 35.8 Å². The molecule has 0 aliphatic rings. The number of hydrogen-bond donors (Lipinski definition) is 2. The van der Waals surface area contributed by atoms with Crippen molar-refractivity contribution in [1.29, 1.82) is 0 Å². The molecule has 1 atom stereocenters. The Morgan fingerprint density at radius 2 is 2.21 bits per heavy atom. The molecule has 0 aromatic carbocycles. The van der Waals surface area contributed by atoms with Crippen LogP contribution in [0.4, 0.5) is 5.95 Å². The van der Waals surface area contributed by atoms with E-state index < -0.39 is 5.97 Å². The van der Waals surface area contributed by atoms with Crippen LogP contribution in [0.2, 0.25) is 0 Å². The standard InChI is InChI=1S/C11H14N6O2/c1-6-4-8(10(18)19)15-11(13-6)14-7(2)9-16-12-5-17(9)3/h4-5,7H,1-3H3,(H,18,19)(H,13,14,15). The minimum atomic E-state index is -1.08. The predicted octanol–water partition coefficient (Wildman–Crippen LogP) is 0.785. The highest BCUT2D eigenvalue weighted by Crippen LogP contribution is 2.14. The second-order valence-corrected chi connectivity index (χ2v) is 4.19. The summed E-state index contributed by atoms with van der Waals surface area (Å²) in [5.41, 5.74) is 0.542. The highest BCUT2D eigenvalue weighted by Gasteiger charge is 2.14. The number of carboxylic acid groups (broad SMARTS) is 1. The van der Waals surface area contributed by atoms with E-state index in [0.29, 0.717) is 11.5 Å². The highest BCUT2D eigenvalue weighted by molar-refractivity contribution is 5.85. The molecule has 2 rings (SSSR count). The fourth-order valence-electron chi connectivity index (χ4n) is 1.69. The number of carbonyl (C=O) groups is 1. The van der Waals surface area contributed by atoms with Crippen LogP contribution in [0.1, 0.15) is 35.0 Å². The molecule has 8 heteroatoms. The summed E-state index contributed by atoms with van der Waals surface area (Å²) >= 11 is 0. The third-order valence-electron chi connectivity index (χ3n) is 2.55. The second kappa shape index (κ2) is 5.01. The maximum atomic E-state index is 10.9. The van der Waals surface area contributed by atoms with Crippen LogP contribution in [0.3, 0.4) is 0 Å². The lowest BCUT2D eigenvalue weighted by Crippen LogP contribution is -2.15. The lowest BCUT2D eigenvalue weighted by Gasteiger charge is -2.13. The molecule has 0 amide bonds. The Kier molecular flexibility index (Phi) is 3.41. The highest BCUT2D eigenvalue weighted by atomic mass is 16.4. The molecular weight excluding hydrogens is 248 g/mol. The first kappa shape index (κ1) is 12.9. The summed E-state index contributed by atoms with van der Waals surface area (Å²) in [6.07, 6.45) is 1.59. The van der Waals surface area contributed by atoms with Gasteiger partial charge < -0.3 is 15.0 Å². The molecule has 2 heterocycles. The summed E-state index contributed by atoms with van der Waals surface area (Å²) in [6.45, 7) is 3.59. The van der Waals surface area contributed by atoms with E-state index in [1.54, 1.807) is 17.8 Å². The van der Waals surface area contributed by atoms with Crippen LogP contribution >= 0.6 is 0 Å². The zero-order valence-corrected chi connectivity index (χ0v) is 10.8. The quantitative estimate of drug-likeness (QED) is 0.838. The van der Waals surface area contributed by atoms with Crippen molar-refractivity contribution in [1.82, 2.24) is 24.7 Å². The Bertz CT molecular complexity index is 609. The van der Waals surface area contributed by atoms with E-state index in [1.165, 1.54) is 6.07 Å². The first-order valence-electron chi connectivity index (χ1n) is 5.67. The summed E-state index contributed by atoms with van der Waals surface area (Å²) in [7, 11) is 1.83. The molecule has 2 aromatic heterocycles. The summed E-state index contributed by atoms with van der Waals surface area (Å²) in [5.74, 6) is -0.116. The van der Waals surface area contributed by atoms with Crippen molar-refractivity contribution < 1.29 is 9.90 Å². The average molecular weight is 262 g/mol. The fourth-order valence-corrected chi connectivity index (χ4v) is 1.69. The largest absolute Gasteiger partial charge is 0.477 e. The lowest BCUT2D eigenvalue weighted by molar-refractivity contribution is 0.0690. The average Bonchev–Trinajstić information content (AvgIpc) is 2.74. The third kappa shape index (κ3) is 2.84. The van der Waals surface area contributed by atoms with Gasteiger partial charge in [0, 0.05) is 12.7 Å². The first-order valence-corrected chi connectivity index (χ1v) is 5.67. The van der Waals surface area contributed by atoms with Gasteiger partial charge in [-0.1, -0.05) is 0 Å². The number of carboxylic acids is 1. The van der Waals surface area contributed by atoms with Crippen molar-refractivity contribution >= 4 is 11.9 Å². The van der Waals surface area contributed by atoms with Gasteiger partial charge in [-0.15, -0.1) is 10.2 Å². The van der Waals surface area contributed by atoms with Gasteiger partial charge in [0.2, 0.25) is 5.95 Å². The summed E-state index contributed by atoms with van der Waals surface area (Å²) in [5, 5.41) is 19.7. The number of hydrogen-bond acceptors (Lipinski definition) is 6. The van der Waals surface area contributed by atoms with Crippen molar-refractivity contribution in [2.45, 2.75) is 19.9 Å². The minimum Gasteiger partial charge on any atom is -0.477 e. The van der Waals surface area contributed by atoms with Gasteiger partial charge >= 0.3 is 5.97 Å². The Morgan fingerprint density at radius 3 is 2.79 bits per heavy atom. The number of nitrogens with one attached hydrogen (secondary N) is 1. The van der Waals surface area contributed by atoms with Crippen molar-refractivity contribution in [2.24, 2.45) is 7.05 Å². The Morgan fingerprint density at radius 1 is 1.47 bits per heavy atom. The zero-order chi connectivity index (χ0) is 14.0. The van der Waals surface area contributed by atoms with Gasteiger partial charge in [-0.3, -0.25) is 0 Å². The second-order valence-electron chi connectivity index (χ2n) is 4.19. The summed E-state index contributed by atoms with van der Waals surface area (Å²) in [6, 6.07) is 1.23. The van der Waals surface area contributed by atoms with Crippen LogP contribution in [0, 0.1) is 6.92 Å². The van der Waals surface area contributed by atoms with E-state index in [1.807, 2.05) is 14.0 Å². The summed E-state index contributed by atoms with van der Waals surface area (Å²) < 4.78 is 1.77. The molecule has 0 saturated heterocycles. The van der Waals surface area contributed by atoms with E-state index in [-0.39, 0.29) is 17.7 Å². The Labute approximate surface area is 109 Å². The van der Waals surface area contributed by atoms with E-state index in [4.69, 9.17) is 5.11 Å². The molecule has 0 aliphatic heterocycles. The fraction of sp³-hybridized carbons (Fsp3) is 0.364.